The molecule has 3 rings (SSSR count). The van der Waals surface area contributed by atoms with E-state index < -0.39 is 0 Å². The van der Waals surface area contributed by atoms with E-state index >= 15 is 0 Å². The number of carbonyl (C=O) groups is 1. The molecular formula is C24H27NO2S. The van der Waals surface area contributed by atoms with Crippen LogP contribution >= 0.6 is 11.8 Å². The van der Waals surface area contributed by atoms with Crippen molar-refractivity contribution in [2.75, 3.05) is 5.75 Å². The summed E-state index contributed by atoms with van der Waals surface area (Å²) >= 11 is 1.39. The van der Waals surface area contributed by atoms with Gasteiger partial charge in [-0.1, -0.05) is 99.1 Å². The van der Waals surface area contributed by atoms with E-state index in [-0.39, 0.29) is 5.78 Å². The van der Waals surface area contributed by atoms with Crippen molar-refractivity contribution in [3.05, 3.63) is 60.7 Å². The predicted molar refractivity (Wildman–Crippen MR) is 116 cm³/mol. The van der Waals surface area contributed by atoms with Crippen molar-refractivity contribution in [1.29, 1.82) is 0 Å². The second-order valence-corrected chi connectivity index (χ2v) is 8.28. The van der Waals surface area contributed by atoms with Gasteiger partial charge in [-0.25, -0.2) is 4.98 Å². The molecule has 0 atom stereocenters. The summed E-state index contributed by atoms with van der Waals surface area (Å²) in [4.78, 5) is 16.9. The van der Waals surface area contributed by atoms with E-state index in [0.29, 0.717) is 23.3 Å². The first kappa shape index (κ1) is 20.4. The highest BCUT2D eigenvalue weighted by molar-refractivity contribution is 7.99. The van der Waals surface area contributed by atoms with Gasteiger partial charge in [0.2, 0.25) is 0 Å². The summed E-state index contributed by atoms with van der Waals surface area (Å²) in [6.07, 6.45) is 3.90. The molecule has 0 aliphatic carbocycles. The predicted octanol–water partition coefficient (Wildman–Crippen LogP) is 6.89. The van der Waals surface area contributed by atoms with Crippen LogP contribution in [0.4, 0.5) is 0 Å². The standard InChI is InChI=1S/C24H27NO2S/c1-18(2)11-9-10-16-21(26)17-28-24-25-22(19-12-5-3-6-13-19)23(27-24)20-14-7-4-8-15-20/h3-8,12-15,18H,9-11,16-17H2,1-2H3. The molecule has 146 valence electrons. The van der Waals surface area contributed by atoms with Crippen molar-refractivity contribution in [2.24, 2.45) is 5.92 Å². The van der Waals surface area contributed by atoms with Crippen LogP contribution in [0.1, 0.15) is 39.5 Å². The Hall–Kier alpha value is -2.33. The zero-order chi connectivity index (χ0) is 19.8. The molecule has 28 heavy (non-hydrogen) atoms. The minimum Gasteiger partial charge on any atom is -0.431 e. The molecule has 4 heteroatoms. The molecule has 0 bridgehead atoms. The summed E-state index contributed by atoms with van der Waals surface area (Å²) in [5.41, 5.74) is 2.82. The third kappa shape index (κ3) is 5.83. The lowest BCUT2D eigenvalue weighted by molar-refractivity contribution is -0.116. The topological polar surface area (TPSA) is 43.1 Å². The number of rotatable bonds is 10. The molecule has 0 saturated carbocycles. The SMILES string of the molecule is CC(C)CCCCC(=O)CSc1nc(-c2ccccc2)c(-c2ccccc2)o1. The fourth-order valence-corrected chi connectivity index (χ4v) is 3.76. The Morgan fingerprint density at radius 3 is 2.25 bits per heavy atom. The summed E-state index contributed by atoms with van der Waals surface area (Å²) in [6, 6.07) is 20.0. The first-order chi connectivity index (χ1) is 13.6. The van der Waals surface area contributed by atoms with Gasteiger partial charge in [0.25, 0.3) is 5.22 Å². The average Bonchev–Trinajstić information content (AvgIpc) is 3.15. The maximum absolute atomic E-state index is 12.2. The van der Waals surface area contributed by atoms with Crippen LogP contribution in [-0.4, -0.2) is 16.5 Å². The fraction of sp³-hybridized carbons (Fsp3) is 0.333. The quantitative estimate of drug-likeness (QED) is 0.278. The summed E-state index contributed by atoms with van der Waals surface area (Å²) < 4.78 is 6.06. The minimum atomic E-state index is 0.259. The van der Waals surface area contributed by atoms with Crippen LogP contribution in [0.5, 0.6) is 0 Å². The van der Waals surface area contributed by atoms with Crippen LogP contribution in [0.3, 0.4) is 0 Å². The molecule has 1 aromatic heterocycles. The number of unbranched alkanes of at least 4 members (excludes halogenated alkanes) is 1. The Balaban J connectivity index is 1.69. The van der Waals surface area contributed by atoms with Crippen LogP contribution in [-0.2, 0) is 4.79 Å². The molecule has 0 N–H and O–H groups in total. The summed E-state index contributed by atoms with van der Waals surface area (Å²) in [5.74, 6) is 2.11. The second-order valence-electron chi connectivity index (χ2n) is 7.36. The number of Topliss-reactive ketones (excluding diaryl/α,β-unsaturated/α-hetero) is 1. The highest BCUT2D eigenvalue weighted by Crippen LogP contribution is 2.35. The Morgan fingerprint density at radius 1 is 0.964 bits per heavy atom. The van der Waals surface area contributed by atoms with E-state index in [1.54, 1.807) is 0 Å². The summed E-state index contributed by atoms with van der Waals surface area (Å²) in [7, 11) is 0. The third-order valence-electron chi connectivity index (χ3n) is 4.53. The van der Waals surface area contributed by atoms with Gasteiger partial charge in [0.15, 0.2) is 5.76 Å². The van der Waals surface area contributed by atoms with Gasteiger partial charge in [0, 0.05) is 17.5 Å². The number of thioether (sulfide) groups is 1. The average molecular weight is 394 g/mol. The zero-order valence-corrected chi connectivity index (χ0v) is 17.4. The van der Waals surface area contributed by atoms with E-state index in [9.17, 15) is 4.79 Å². The van der Waals surface area contributed by atoms with Crippen molar-refractivity contribution in [2.45, 2.75) is 44.8 Å². The largest absolute Gasteiger partial charge is 0.431 e. The van der Waals surface area contributed by atoms with Gasteiger partial charge < -0.3 is 4.42 Å². The number of benzene rings is 2. The molecule has 0 amide bonds. The highest BCUT2D eigenvalue weighted by atomic mass is 32.2. The van der Waals surface area contributed by atoms with Crippen LogP contribution in [0.15, 0.2) is 70.3 Å². The van der Waals surface area contributed by atoms with E-state index in [0.717, 1.165) is 35.4 Å². The molecule has 0 aliphatic rings. The molecule has 3 aromatic rings. The lowest BCUT2D eigenvalue weighted by atomic mass is 10.0. The Morgan fingerprint density at radius 2 is 1.61 bits per heavy atom. The molecule has 0 spiro atoms. The van der Waals surface area contributed by atoms with Crippen LogP contribution < -0.4 is 0 Å². The zero-order valence-electron chi connectivity index (χ0n) is 16.6. The number of hydrogen-bond acceptors (Lipinski definition) is 4. The van der Waals surface area contributed by atoms with Gasteiger partial charge >= 0.3 is 0 Å². The first-order valence-corrected chi connectivity index (χ1v) is 10.9. The van der Waals surface area contributed by atoms with Gasteiger partial charge in [0.05, 0.1) is 5.75 Å². The van der Waals surface area contributed by atoms with Crippen LogP contribution in [0.25, 0.3) is 22.6 Å². The van der Waals surface area contributed by atoms with E-state index in [1.807, 2.05) is 60.7 Å². The number of ketones is 1. The van der Waals surface area contributed by atoms with Gasteiger partial charge in [0.1, 0.15) is 11.5 Å². The second kappa shape index (κ2) is 10.3. The minimum absolute atomic E-state index is 0.259. The number of hydrogen-bond donors (Lipinski definition) is 0. The van der Waals surface area contributed by atoms with Crippen molar-refractivity contribution in [1.82, 2.24) is 4.98 Å². The first-order valence-electron chi connectivity index (χ1n) is 9.89. The van der Waals surface area contributed by atoms with Crippen molar-refractivity contribution >= 4 is 17.5 Å². The lowest BCUT2D eigenvalue weighted by Crippen LogP contribution is -2.01. The summed E-state index contributed by atoms with van der Waals surface area (Å²) in [6.45, 7) is 4.43. The Kier molecular flexibility index (Phi) is 7.49. The molecule has 0 saturated heterocycles. The van der Waals surface area contributed by atoms with Crippen molar-refractivity contribution < 1.29 is 9.21 Å². The molecule has 0 unspecified atom stereocenters. The van der Waals surface area contributed by atoms with Gasteiger partial charge in [-0.3, -0.25) is 4.79 Å². The highest BCUT2D eigenvalue weighted by Gasteiger charge is 2.17. The van der Waals surface area contributed by atoms with E-state index in [1.165, 1.54) is 18.2 Å². The van der Waals surface area contributed by atoms with Crippen molar-refractivity contribution in [3.8, 4) is 22.6 Å². The fourth-order valence-electron chi connectivity index (χ4n) is 3.03. The number of aromatic nitrogens is 1. The number of carbonyl (C=O) groups excluding carboxylic acids is 1. The summed E-state index contributed by atoms with van der Waals surface area (Å²) in [5, 5.41) is 0.549. The van der Waals surface area contributed by atoms with Crippen LogP contribution in [0, 0.1) is 5.92 Å². The number of oxazole rings is 1. The Bertz CT molecular complexity index is 815. The lowest BCUT2D eigenvalue weighted by Gasteiger charge is -2.03. The van der Waals surface area contributed by atoms with Gasteiger partial charge in [-0.2, -0.15) is 0 Å². The molecule has 0 fully saturated rings. The van der Waals surface area contributed by atoms with Gasteiger partial charge in [-0.15, -0.1) is 0 Å². The maximum atomic E-state index is 12.2. The molecule has 0 aliphatic heterocycles. The molecular weight excluding hydrogens is 366 g/mol. The maximum Gasteiger partial charge on any atom is 0.257 e. The molecule has 0 radical (unpaired) electrons. The van der Waals surface area contributed by atoms with E-state index in [2.05, 4.69) is 13.8 Å². The third-order valence-corrected chi connectivity index (χ3v) is 5.42. The smallest absolute Gasteiger partial charge is 0.257 e. The van der Waals surface area contributed by atoms with Gasteiger partial charge in [-0.05, 0) is 12.3 Å². The van der Waals surface area contributed by atoms with Crippen LogP contribution in [0.2, 0.25) is 0 Å². The molecule has 1 heterocycles. The molecule has 2 aromatic carbocycles. The molecule has 3 nitrogen and oxygen atoms in total. The Labute approximate surface area is 171 Å². The monoisotopic (exact) mass is 393 g/mol. The van der Waals surface area contributed by atoms with Crippen molar-refractivity contribution in [3.63, 3.8) is 0 Å². The number of nitrogens with zero attached hydrogens (tertiary/aromatic N) is 1. The normalized spacial score (nSPS) is 11.1. The van der Waals surface area contributed by atoms with E-state index in [4.69, 9.17) is 9.40 Å².